The molecule has 13 nitrogen and oxygen atoms in total. The van der Waals surface area contributed by atoms with Gasteiger partial charge in [0.2, 0.25) is 0 Å². The summed E-state index contributed by atoms with van der Waals surface area (Å²) >= 11 is 0. The van der Waals surface area contributed by atoms with E-state index in [0.29, 0.717) is 0 Å². The minimum absolute atomic E-state index is 0.0823. The van der Waals surface area contributed by atoms with Gasteiger partial charge in [-0.3, -0.25) is 0 Å². The molecule has 9 N–H and O–H groups in total. The molecule has 0 unspecified atom stereocenters. The zero-order chi connectivity index (χ0) is 17.9. The Kier molecular flexibility index (Phi) is 6.80. The van der Waals surface area contributed by atoms with Gasteiger partial charge >= 0.3 is 128 Å². The molecule has 17 heteroatoms. The van der Waals surface area contributed by atoms with Crippen molar-refractivity contribution in [1.82, 2.24) is 0 Å². The van der Waals surface area contributed by atoms with Crippen LogP contribution < -0.4 is 5.90 Å². The van der Waals surface area contributed by atoms with Crippen molar-refractivity contribution in [3.05, 3.63) is 0 Å². The van der Waals surface area contributed by atoms with Crippen molar-refractivity contribution in [3.63, 3.8) is 0 Å². The van der Waals surface area contributed by atoms with Crippen molar-refractivity contribution in [2.24, 2.45) is 5.90 Å². The molecule has 0 aromatic carbocycles. The summed E-state index contributed by atoms with van der Waals surface area (Å²) in [6.07, 6.45) is -1.29. The molecule has 0 aromatic rings. The molecule has 0 saturated carbocycles. The third-order valence-electron chi connectivity index (χ3n) is 2.42. The number of ether oxygens (including phenoxy) is 1. The van der Waals surface area contributed by atoms with E-state index in [1.165, 1.54) is 0 Å². The Hall–Kier alpha value is 0.835. The van der Waals surface area contributed by atoms with E-state index in [2.05, 4.69) is 18.0 Å². The van der Waals surface area contributed by atoms with Crippen LogP contribution in [0.15, 0.2) is 0 Å². The molecule has 1 aliphatic rings. The van der Waals surface area contributed by atoms with Gasteiger partial charge in [-0.15, -0.1) is 0 Å². The zero-order valence-corrected chi connectivity index (χ0v) is 14.1. The molecule has 3 atom stereocenters. The first-order valence-electron chi connectivity index (χ1n) is 6.49. The number of hydrogen-bond donors (Lipinski definition) is 8. The van der Waals surface area contributed by atoms with Gasteiger partial charge in [0.1, 0.15) is 0 Å². The predicted molar refractivity (Wildman–Crippen MR) is 79.5 cm³/mol. The monoisotopic (exact) mass is 393 g/mol. The van der Waals surface area contributed by atoms with E-state index >= 15 is 0 Å². The predicted octanol–water partition coefficient (Wildman–Crippen LogP) is -3.78. The first-order valence-corrected chi connectivity index (χ1v) is 11.0. The quantitative estimate of drug-likeness (QED) is 0.107. The Bertz CT molecular complexity index is 386. The Balaban J connectivity index is 2.54. The topological polar surface area (TPSA) is 214 Å². The van der Waals surface area contributed by atoms with Gasteiger partial charge in [-0.05, 0) is 0 Å². The molecule has 1 fully saturated rings. The summed E-state index contributed by atoms with van der Waals surface area (Å²) in [4.78, 5) is 67.7. The number of hydrogen-bond acceptors (Lipinski definition) is 13. The van der Waals surface area contributed by atoms with E-state index in [9.17, 15) is 19.6 Å². The zero-order valence-electron chi connectivity index (χ0n) is 12.1. The van der Waals surface area contributed by atoms with E-state index in [1.807, 2.05) is 0 Å². The molecule has 1 saturated heterocycles. The summed E-state index contributed by atoms with van der Waals surface area (Å²) in [6, 6.07) is -0.496. The van der Waals surface area contributed by atoms with Gasteiger partial charge in [-0.2, -0.15) is 0 Å². The third kappa shape index (κ3) is 7.60. The van der Waals surface area contributed by atoms with Gasteiger partial charge in [0, 0.05) is 0 Å². The average Bonchev–Trinajstić information content (AvgIpc) is 2.74. The Morgan fingerprint density at radius 2 is 1.77 bits per heavy atom. The Labute approximate surface area is 128 Å². The summed E-state index contributed by atoms with van der Waals surface area (Å²) in [5, 5.41) is 0. The summed E-state index contributed by atoms with van der Waals surface area (Å²) < 4.78 is 24.8. The van der Waals surface area contributed by atoms with Crippen molar-refractivity contribution >= 4 is 32.3 Å². The van der Waals surface area contributed by atoms with Crippen molar-refractivity contribution in [3.8, 4) is 0 Å². The fraction of sp³-hybridized carbons (Fsp3) is 1.00. The molecular weight excluding hydrogens is 370 g/mol. The Morgan fingerprint density at radius 3 is 2.27 bits per heavy atom. The van der Waals surface area contributed by atoms with E-state index < -0.39 is 49.3 Å². The third-order valence-corrected chi connectivity index (χ3v) is 7.25. The van der Waals surface area contributed by atoms with E-state index in [4.69, 9.17) is 26.6 Å². The second-order valence-electron chi connectivity index (χ2n) is 4.39. The van der Waals surface area contributed by atoms with Gasteiger partial charge in [0.25, 0.3) is 0 Å². The molecule has 1 heterocycles. The maximum absolute atomic E-state index is 9.48. The van der Waals surface area contributed by atoms with Crippen LogP contribution >= 0.6 is 24.5 Å². The van der Waals surface area contributed by atoms with Gasteiger partial charge in [0.05, 0.1) is 0 Å². The molecule has 0 aliphatic carbocycles. The van der Waals surface area contributed by atoms with Crippen LogP contribution in [0, 0.1) is 0 Å². The van der Waals surface area contributed by atoms with Crippen LogP contribution in [0.3, 0.4) is 0 Å². The molecule has 22 heavy (non-hydrogen) atoms. The summed E-state index contributed by atoms with van der Waals surface area (Å²) in [6.45, 7) is -0.540. The second-order valence-corrected chi connectivity index (χ2v) is 9.66. The molecule has 1 aliphatic heterocycles. The summed E-state index contributed by atoms with van der Waals surface area (Å²) in [5.74, 6) is 5.04. The van der Waals surface area contributed by atoms with Crippen LogP contribution in [0.4, 0.5) is 0 Å². The van der Waals surface area contributed by atoms with Gasteiger partial charge in [-0.1, -0.05) is 0 Å². The van der Waals surface area contributed by atoms with Crippen molar-refractivity contribution in [1.29, 1.82) is 1.34 Å². The van der Waals surface area contributed by atoms with Gasteiger partial charge in [0.15, 0.2) is 0 Å². The maximum atomic E-state index is 9.48. The molecule has 0 radical (unpaired) electrons. The van der Waals surface area contributed by atoms with Crippen LogP contribution in [-0.2, 0) is 22.7 Å². The first-order chi connectivity index (χ1) is 10.4. The molecule has 0 bridgehead atoms. The van der Waals surface area contributed by atoms with E-state index in [0.717, 1.165) is 0 Å². The van der Waals surface area contributed by atoms with Crippen LogP contribution in [0.1, 0.15) is 6.42 Å². The summed E-state index contributed by atoms with van der Waals surface area (Å²) in [5.41, 5.74) is 0. The van der Waals surface area contributed by atoms with Crippen LogP contribution in [0.5, 0.6) is 0 Å². The van der Waals surface area contributed by atoms with Crippen molar-refractivity contribution in [2.75, 3.05) is 6.61 Å². The van der Waals surface area contributed by atoms with Crippen molar-refractivity contribution < 1.29 is 57.0 Å². The van der Waals surface area contributed by atoms with Crippen LogP contribution in [0.2, 0.25) is 0 Å². The second kappa shape index (κ2) is 7.81. The fourth-order valence-electron chi connectivity index (χ4n) is 1.68. The standard InChI is InChI=1S/C5H21BNO12P3/c6-5-1-3(17-7)4(16-5)2-15-21(11,12)19-22(13,14)18-20(8,9)10/h3-5,8-14,20-22H,1-2,6-7H2/t3-,4-,5-/m1/s1/i6T. The molecule has 1 rings (SSSR count). The van der Waals surface area contributed by atoms with Crippen LogP contribution in [0.25, 0.3) is 0 Å². The van der Waals surface area contributed by atoms with E-state index in [-0.39, 0.29) is 14.2 Å². The van der Waals surface area contributed by atoms with Crippen molar-refractivity contribution in [2.45, 2.75) is 24.6 Å². The normalized spacial score (nSPS) is 30.0. The molecule has 0 amide bonds. The molecule has 0 spiro atoms. The first kappa shape index (κ1) is 19.2. The summed E-state index contributed by atoms with van der Waals surface area (Å²) in [7, 11) is -16.1. The van der Waals surface area contributed by atoms with Gasteiger partial charge < -0.3 is 0 Å². The minimum atomic E-state index is -5.47. The SMILES string of the molecule is [3H]B[C@H]1C[C@@H](ON)[C@@H](CO[PH](O)(O)O[PH](O)(O)O[PH](O)(O)O)O1. The number of rotatable bonds is 9. The molecule has 0 aromatic heterocycles. The molecule has 136 valence electrons. The Morgan fingerprint density at radius 1 is 1.14 bits per heavy atom. The van der Waals surface area contributed by atoms with Gasteiger partial charge in [-0.25, -0.2) is 0 Å². The van der Waals surface area contributed by atoms with Crippen LogP contribution in [-0.4, -0.2) is 68.2 Å². The fourth-order valence-corrected chi connectivity index (χ4v) is 5.65. The average molecular weight is 393 g/mol. The van der Waals surface area contributed by atoms with E-state index in [1.54, 1.807) is 0 Å². The number of nitrogens with two attached hydrogens (primary N) is 1. The molecular formula is C5H21BNO12P3.